The normalized spacial score (nSPS) is 17.4. The van der Waals surface area contributed by atoms with E-state index in [4.69, 9.17) is 9.15 Å². The van der Waals surface area contributed by atoms with Gasteiger partial charge in [0, 0.05) is 14.1 Å². The Bertz CT molecular complexity index is 569. The Morgan fingerprint density at radius 3 is 2.50 bits per heavy atom. The molecule has 0 spiro atoms. The highest BCUT2D eigenvalue weighted by atomic mass is 32.2. The monoisotopic (exact) mass is 301 g/mol. The second kappa shape index (κ2) is 5.97. The number of rotatable bonds is 4. The average molecular weight is 301 g/mol. The van der Waals surface area contributed by atoms with Crippen LogP contribution in [0.15, 0.2) is 21.6 Å². The fourth-order valence-corrected chi connectivity index (χ4v) is 2.94. The Morgan fingerprint density at radius 1 is 1.25 bits per heavy atom. The molecule has 1 aliphatic rings. The van der Waals surface area contributed by atoms with Gasteiger partial charge in [0.2, 0.25) is 10.9 Å². The molecule has 0 bridgehead atoms. The number of sulfonamides is 1. The van der Waals surface area contributed by atoms with Crippen molar-refractivity contribution in [3.05, 3.63) is 17.9 Å². The molecule has 0 amide bonds. The summed E-state index contributed by atoms with van der Waals surface area (Å²) in [6.45, 7) is 0. The summed E-state index contributed by atoms with van der Waals surface area (Å²) in [5.74, 6) is -0.673. The van der Waals surface area contributed by atoms with Gasteiger partial charge in [0.05, 0.1) is 0 Å². The molecule has 1 saturated carbocycles. The van der Waals surface area contributed by atoms with E-state index >= 15 is 0 Å². The molecule has 112 valence electrons. The summed E-state index contributed by atoms with van der Waals surface area (Å²) in [5, 5.41) is -0.252. The van der Waals surface area contributed by atoms with E-state index in [1.165, 1.54) is 32.6 Å². The van der Waals surface area contributed by atoms with Crippen molar-refractivity contribution in [2.45, 2.75) is 43.3 Å². The zero-order valence-electron chi connectivity index (χ0n) is 11.7. The summed E-state index contributed by atoms with van der Waals surface area (Å²) in [4.78, 5) is 11.9. The molecule has 0 radical (unpaired) electrons. The molecule has 1 aromatic rings. The van der Waals surface area contributed by atoms with Crippen LogP contribution in [-0.4, -0.2) is 38.9 Å². The molecule has 0 saturated heterocycles. The minimum atomic E-state index is -3.66. The number of carbonyl (C=O) groups is 1. The first-order chi connectivity index (χ1) is 9.41. The predicted molar refractivity (Wildman–Crippen MR) is 71.9 cm³/mol. The molecule has 0 aromatic carbocycles. The zero-order chi connectivity index (χ0) is 14.8. The van der Waals surface area contributed by atoms with Gasteiger partial charge in [-0.2, -0.15) is 0 Å². The maximum Gasteiger partial charge on any atom is 0.374 e. The third kappa shape index (κ3) is 3.21. The van der Waals surface area contributed by atoms with Crippen molar-refractivity contribution >= 4 is 16.0 Å². The molecule has 1 fully saturated rings. The van der Waals surface area contributed by atoms with E-state index in [1.807, 2.05) is 0 Å². The summed E-state index contributed by atoms with van der Waals surface area (Å²) in [5.41, 5.74) is 0. The SMILES string of the molecule is CN(C)S(=O)(=O)c1ccc(C(=O)OC2CCCCC2)o1. The van der Waals surface area contributed by atoms with Crippen molar-refractivity contribution < 1.29 is 22.4 Å². The van der Waals surface area contributed by atoms with Gasteiger partial charge in [0.25, 0.3) is 10.0 Å². The van der Waals surface area contributed by atoms with Gasteiger partial charge in [-0.1, -0.05) is 6.42 Å². The van der Waals surface area contributed by atoms with E-state index in [-0.39, 0.29) is 17.0 Å². The molecule has 1 aromatic heterocycles. The smallest absolute Gasteiger partial charge is 0.374 e. The molecular formula is C13H19NO5S. The van der Waals surface area contributed by atoms with Crippen LogP contribution >= 0.6 is 0 Å². The van der Waals surface area contributed by atoms with Crippen LogP contribution in [0.4, 0.5) is 0 Å². The fourth-order valence-electron chi connectivity index (χ4n) is 2.14. The highest BCUT2D eigenvalue weighted by Gasteiger charge is 2.25. The minimum absolute atomic E-state index is 0.0731. The van der Waals surface area contributed by atoms with Crippen molar-refractivity contribution in [3.8, 4) is 0 Å². The number of nitrogens with zero attached hydrogens (tertiary/aromatic N) is 1. The fraction of sp³-hybridized carbons (Fsp3) is 0.615. The zero-order valence-corrected chi connectivity index (χ0v) is 12.5. The molecule has 20 heavy (non-hydrogen) atoms. The summed E-state index contributed by atoms with van der Waals surface area (Å²) in [7, 11) is -0.862. The lowest BCUT2D eigenvalue weighted by atomic mass is 9.98. The van der Waals surface area contributed by atoms with Crippen molar-refractivity contribution in [1.82, 2.24) is 4.31 Å². The van der Waals surface area contributed by atoms with Crippen molar-refractivity contribution in [2.75, 3.05) is 14.1 Å². The van der Waals surface area contributed by atoms with Crippen LogP contribution < -0.4 is 0 Å². The molecule has 0 atom stereocenters. The molecule has 0 aliphatic heterocycles. The number of carbonyl (C=O) groups excluding carboxylic acids is 1. The van der Waals surface area contributed by atoms with E-state index in [0.29, 0.717) is 0 Å². The van der Waals surface area contributed by atoms with Crippen LogP contribution in [0.3, 0.4) is 0 Å². The summed E-state index contributed by atoms with van der Waals surface area (Å²) >= 11 is 0. The first-order valence-electron chi connectivity index (χ1n) is 6.64. The topological polar surface area (TPSA) is 76.8 Å². The summed E-state index contributed by atoms with van der Waals surface area (Å²) in [6.07, 6.45) is 4.90. The van der Waals surface area contributed by atoms with Crippen LogP contribution in [0.1, 0.15) is 42.7 Å². The predicted octanol–water partition coefficient (Wildman–Crippen LogP) is 2.02. The lowest BCUT2D eigenvalue weighted by molar-refractivity contribution is 0.0171. The highest BCUT2D eigenvalue weighted by molar-refractivity contribution is 7.88. The van der Waals surface area contributed by atoms with Gasteiger partial charge in [-0.05, 0) is 37.8 Å². The van der Waals surface area contributed by atoms with E-state index in [0.717, 1.165) is 30.0 Å². The maximum absolute atomic E-state index is 11.9. The molecule has 2 rings (SSSR count). The second-order valence-corrected chi connectivity index (χ2v) is 7.15. The molecule has 1 heterocycles. The molecule has 6 nitrogen and oxygen atoms in total. The first-order valence-corrected chi connectivity index (χ1v) is 8.08. The number of esters is 1. The van der Waals surface area contributed by atoms with E-state index in [2.05, 4.69) is 0 Å². The van der Waals surface area contributed by atoms with Crippen molar-refractivity contribution in [2.24, 2.45) is 0 Å². The van der Waals surface area contributed by atoms with E-state index < -0.39 is 16.0 Å². The number of hydrogen-bond acceptors (Lipinski definition) is 5. The Labute approximate surface area is 118 Å². The van der Waals surface area contributed by atoms with Gasteiger partial charge < -0.3 is 9.15 Å². The van der Waals surface area contributed by atoms with Gasteiger partial charge in [-0.3, -0.25) is 0 Å². The first kappa shape index (κ1) is 15.1. The van der Waals surface area contributed by atoms with Crippen LogP contribution in [0, 0.1) is 0 Å². The lowest BCUT2D eigenvalue weighted by Crippen LogP contribution is -2.22. The largest absolute Gasteiger partial charge is 0.457 e. The van der Waals surface area contributed by atoms with Gasteiger partial charge in [0.15, 0.2) is 0 Å². The minimum Gasteiger partial charge on any atom is -0.457 e. The average Bonchev–Trinajstić information content (AvgIpc) is 2.90. The van der Waals surface area contributed by atoms with Crippen molar-refractivity contribution in [1.29, 1.82) is 0 Å². The van der Waals surface area contributed by atoms with Gasteiger partial charge >= 0.3 is 5.97 Å². The van der Waals surface area contributed by atoms with Crippen LogP contribution in [-0.2, 0) is 14.8 Å². The Morgan fingerprint density at radius 2 is 1.90 bits per heavy atom. The van der Waals surface area contributed by atoms with Crippen LogP contribution in [0.2, 0.25) is 0 Å². The van der Waals surface area contributed by atoms with Crippen molar-refractivity contribution in [3.63, 3.8) is 0 Å². The molecule has 7 heteroatoms. The van der Waals surface area contributed by atoms with E-state index in [1.54, 1.807) is 0 Å². The van der Waals surface area contributed by atoms with Gasteiger partial charge in [0.1, 0.15) is 6.10 Å². The lowest BCUT2D eigenvalue weighted by Gasteiger charge is -2.21. The Balaban J connectivity index is 2.06. The quantitative estimate of drug-likeness (QED) is 0.795. The molecule has 0 N–H and O–H groups in total. The summed E-state index contributed by atoms with van der Waals surface area (Å²) < 4.78 is 35.1. The molecular weight excluding hydrogens is 282 g/mol. The Kier molecular flexibility index (Phi) is 4.49. The molecule has 0 unspecified atom stereocenters. The van der Waals surface area contributed by atoms with Gasteiger partial charge in [-0.15, -0.1) is 0 Å². The van der Waals surface area contributed by atoms with Gasteiger partial charge in [-0.25, -0.2) is 17.5 Å². The van der Waals surface area contributed by atoms with Crippen LogP contribution in [0.25, 0.3) is 0 Å². The summed E-state index contributed by atoms with van der Waals surface area (Å²) in [6, 6.07) is 2.61. The standard InChI is InChI=1S/C13H19NO5S/c1-14(2)20(16,17)12-9-8-11(19-12)13(15)18-10-6-4-3-5-7-10/h8-10H,3-7H2,1-2H3. The highest BCUT2D eigenvalue weighted by Crippen LogP contribution is 2.23. The Hall–Kier alpha value is -1.34. The molecule has 1 aliphatic carbocycles. The van der Waals surface area contributed by atoms with Crippen LogP contribution in [0.5, 0.6) is 0 Å². The number of hydrogen-bond donors (Lipinski definition) is 0. The van der Waals surface area contributed by atoms with E-state index in [9.17, 15) is 13.2 Å². The third-order valence-electron chi connectivity index (χ3n) is 3.34. The maximum atomic E-state index is 11.9. The number of ether oxygens (including phenoxy) is 1. The third-order valence-corrected chi connectivity index (χ3v) is 5.03. The second-order valence-electron chi connectivity index (χ2n) is 5.07. The number of furan rings is 1.